The molecular formula is C25H35N3O4S. The summed E-state index contributed by atoms with van der Waals surface area (Å²) in [6.45, 7) is -0.372. The predicted octanol–water partition coefficient (Wildman–Crippen LogP) is 5.25. The van der Waals surface area contributed by atoms with E-state index in [1.54, 1.807) is 30.3 Å². The maximum absolute atomic E-state index is 13.2. The van der Waals surface area contributed by atoms with Crippen molar-refractivity contribution in [3.05, 3.63) is 54.5 Å². The number of hydrogen-bond donors (Lipinski definition) is 1. The molecule has 1 aliphatic carbocycles. The van der Waals surface area contributed by atoms with E-state index in [-0.39, 0.29) is 18.0 Å². The third kappa shape index (κ3) is 8.44. The zero-order valence-electron chi connectivity index (χ0n) is 19.2. The Labute approximate surface area is 197 Å². The van der Waals surface area contributed by atoms with Crippen LogP contribution in [0.1, 0.15) is 76.4 Å². The van der Waals surface area contributed by atoms with Gasteiger partial charge in [-0.1, -0.05) is 63.1 Å². The van der Waals surface area contributed by atoms with Crippen LogP contribution in [0.3, 0.4) is 0 Å². The van der Waals surface area contributed by atoms with Gasteiger partial charge in [-0.05, 0) is 49.9 Å². The van der Waals surface area contributed by atoms with E-state index in [4.69, 9.17) is 4.42 Å². The molecule has 0 saturated heterocycles. The first-order valence-electron chi connectivity index (χ1n) is 12.0. The minimum Gasteiger partial charge on any atom is -0.468 e. The van der Waals surface area contributed by atoms with Crippen LogP contribution in [-0.4, -0.2) is 30.9 Å². The molecule has 1 saturated carbocycles. The summed E-state index contributed by atoms with van der Waals surface area (Å²) in [6, 6.07) is 11.5. The number of sulfonamides is 1. The van der Waals surface area contributed by atoms with Crippen molar-refractivity contribution >= 4 is 21.6 Å². The molecule has 1 amide bonds. The van der Waals surface area contributed by atoms with Gasteiger partial charge in [0, 0.05) is 5.71 Å². The summed E-state index contributed by atoms with van der Waals surface area (Å²) in [5.41, 5.74) is 3.60. The molecule has 1 aromatic carbocycles. The first-order chi connectivity index (χ1) is 16.1. The molecule has 1 aliphatic rings. The molecule has 180 valence electrons. The Hall–Kier alpha value is -2.45. The van der Waals surface area contributed by atoms with Crippen molar-refractivity contribution in [3.8, 4) is 0 Å². The van der Waals surface area contributed by atoms with Gasteiger partial charge in [0.15, 0.2) is 0 Å². The summed E-state index contributed by atoms with van der Waals surface area (Å²) < 4.78 is 32.8. The van der Waals surface area contributed by atoms with Crippen LogP contribution in [0, 0.1) is 0 Å². The fourth-order valence-electron chi connectivity index (χ4n) is 4.01. The Morgan fingerprint density at radius 3 is 2.06 bits per heavy atom. The molecule has 0 radical (unpaired) electrons. The fourth-order valence-corrected chi connectivity index (χ4v) is 5.40. The number of nitrogens with one attached hydrogen (secondary N) is 1. The number of amides is 1. The number of nitrogens with zero attached hydrogens (tertiary/aromatic N) is 2. The first kappa shape index (κ1) is 25.2. The van der Waals surface area contributed by atoms with Gasteiger partial charge < -0.3 is 4.42 Å². The van der Waals surface area contributed by atoms with Crippen LogP contribution < -0.4 is 5.43 Å². The van der Waals surface area contributed by atoms with Crippen LogP contribution in [0.25, 0.3) is 0 Å². The van der Waals surface area contributed by atoms with Crippen LogP contribution >= 0.6 is 0 Å². The molecule has 8 heteroatoms. The van der Waals surface area contributed by atoms with Gasteiger partial charge >= 0.3 is 0 Å². The van der Waals surface area contributed by atoms with Crippen molar-refractivity contribution in [2.24, 2.45) is 5.10 Å². The molecule has 0 aliphatic heterocycles. The van der Waals surface area contributed by atoms with Crippen molar-refractivity contribution in [1.82, 2.24) is 9.73 Å². The highest BCUT2D eigenvalue weighted by molar-refractivity contribution is 7.89. The molecule has 1 fully saturated rings. The van der Waals surface area contributed by atoms with Gasteiger partial charge in [-0.15, -0.1) is 0 Å². The van der Waals surface area contributed by atoms with E-state index in [9.17, 15) is 13.2 Å². The lowest BCUT2D eigenvalue weighted by atomic mass is 10.00. The molecule has 7 nitrogen and oxygen atoms in total. The van der Waals surface area contributed by atoms with Crippen LogP contribution in [-0.2, 0) is 21.4 Å². The summed E-state index contributed by atoms with van der Waals surface area (Å²) in [7, 11) is -3.88. The zero-order chi connectivity index (χ0) is 23.4. The third-order valence-electron chi connectivity index (χ3n) is 5.88. The Bertz CT molecular complexity index is 958. The van der Waals surface area contributed by atoms with Crippen molar-refractivity contribution in [2.45, 2.75) is 82.1 Å². The fraction of sp³-hybridized carbons (Fsp3) is 0.520. The SMILES string of the molecule is O=C(CN(Cc1ccco1)S(=O)(=O)c1ccccc1)NN=C1CCCCCCCCCCC1. The monoisotopic (exact) mass is 473 g/mol. The smallest absolute Gasteiger partial charge is 0.255 e. The van der Waals surface area contributed by atoms with E-state index in [2.05, 4.69) is 10.5 Å². The van der Waals surface area contributed by atoms with Crippen molar-refractivity contribution in [3.63, 3.8) is 0 Å². The second-order valence-electron chi connectivity index (χ2n) is 8.56. The van der Waals surface area contributed by atoms with E-state index in [0.29, 0.717) is 5.76 Å². The van der Waals surface area contributed by atoms with E-state index in [1.165, 1.54) is 63.3 Å². The molecule has 1 aromatic heterocycles. The number of carbonyl (C=O) groups is 1. The summed E-state index contributed by atoms with van der Waals surface area (Å²) in [6.07, 6.45) is 14.2. The largest absolute Gasteiger partial charge is 0.468 e. The van der Waals surface area contributed by atoms with E-state index >= 15 is 0 Å². The number of hydrogen-bond acceptors (Lipinski definition) is 5. The summed E-state index contributed by atoms with van der Waals surface area (Å²) in [4.78, 5) is 12.9. The summed E-state index contributed by atoms with van der Waals surface area (Å²) in [5, 5.41) is 4.39. The van der Waals surface area contributed by atoms with Gasteiger partial charge in [0.05, 0.1) is 24.2 Å². The first-order valence-corrected chi connectivity index (χ1v) is 13.4. The molecule has 1 heterocycles. The number of hydrazone groups is 1. The van der Waals surface area contributed by atoms with Gasteiger partial charge in [0.2, 0.25) is 10.0 Å². The lowest BCUT2D eigenvalue weighted by Gasteiger charge is -2.20. The molecule has 0 spiro atoms. The van der Waals surface area contributed by atoms with E-state index < -0.39 is 15.9 Å². The highest BCUT2D eigenvalue weighted by atomic mass is 32.2. The Balaban J connectivity index is 1.66. The Morgan fingerprint density at radius 1 is 0.879 bits per heavy atom. The zero-order valence-corrected chi connectivity index (χ0v) is 20.1. The number of rotatable bonds is 7. The van der Waals surface area contributed by atoms with E-state index in [0.717, 1.165) is 35.7 Å². The van der Waals surface area contributed by atoms with Crippen LogP contribution in [0.5, 0.6) is 0 Å². The Kier molecular flexibility index (Phi) is 10.2. The maximum atomic E-state index is 13.2. The van der Waals surface area contributed by atoms with Crippen molar-refractivity contribution < 1.29 is 17.6 Å². The van der Waals surface area contributed by atoms with Crippen molar-refractivity contribution in [2.75, 3.05) is 6.54 Å². The highest BCUT2D eigenvalue weighted by Gasteiger charge is 2.27. The average Bonchev–Trinajstić information content (AvgIpc) is 3.32. The molecular weight excluding hydrogens is 438 g/mol. The topological polar surface area (TPSA) is 92.0 Å². The van der Waals surface area contributed by atoms with Gasteiger partial charge in [0.25, 0.3) is 5.91 Å². The van der Waals surface area contributed by atoms with Gasteiger partial charge in [-0.2, -0.15) is 9.41 Å². The molecule has 0 unspecified atom stereocenters. The second-order valence-corrected chi connectivity index (χ2v) is 10.5. The van der Waals surface area contributed by atoms with Gasteiger partial charge in [-0.25, -0.2) is 13.8 Å². The highest BCUT2D eigenvalue weighted by Crippen LogP contribution is 2.19. The standard InChI is InChI=1S/C25H35N3O4S/c29-25(27-26-22-14-9-6-4-2-1-3-5-7-10-15-22)21-28(20-23-16-13-19-32-23)33(30,31)24-17-11-8-12-18-24/h8,11-13,16-19H,1-7,9-10,14-15,20-21H2,(H,27,29). The van der Waals surface area contributed by atoms with E-state index in [1.807, 2.05) is 0 Å². The number of furan rings is 1. The van der Waals surface area contributed by atoms with Gasteiger partial charge in [0.1, 0.15) is 5.76 Å². The third-order valence-corrected chi connectivity index (χ3v) is 7.69. The average molecular weight is 474 g/mol. The molecule has 2 aromatic rings. The molecule has 0 bridgehead atoms. The minimum atomic E-state index is -3.88. The Morgan fingerprint density at radius 2 is 1.48 bits per heavy atom. The lowest BCUT2D eigenvalue weighted by molar-refractivity contribution is -0.121. The minimum absolute atomic E-state index is 0.0335. The summed E-state index contributed by atoms with van der Waals surface area (Å²) in [5.74, 6) is 0.00705. The predicted molar refractivity (Wildman–Crippen MR) is 129 cm³/mol. The molecule has 3 rings (SSSR count). The van der Waals surface area contributed by atoms with Gasteiger partial charge in [-0.3, -0.25) is 4.79 Å². The lowest BCUT2D eigenvalue weighted by Crippen LogP contribution is -2.39. The van der Waals surface area contributed by atoms with Crippen molar-refractivity contribution in [1.29, 1.82) is 0 Å². The van der Waals surface area contributed by atoms with Crippen LogP contribution in [0.2, 0.25) is 0 Å². The number of benzene rings is 1. The van der Waals surface area contributed by atoms with Crippen LogP contribution in [0.4, 0.5) is 0 Å². The quantitative estimate of drug-likeness (QED) is 0.556. The normalized spacial score (nSPS) is 16.6. The molecule has 1 N–H and O–H groups in total. The molecule has 0 atom stereocenters. The number of carbonyl (C=O) groups excluding carboxylic acids is 1. The maximum Gasteiger partial charge on any atom is 0.255 e. The summed E-state index contributed by atoms with van der Waals surface area (Å²) >= 11 is 0. The molecule has 33 heavy (non-hydrogen) atoms. The van der Waals surface area contributed by atoms with Crippen LogP contribution in [0.15, 0.2) is 63.1 Å². The second kappa shape index (κ2) is 13.3.